The number of aryl methyl sites for hydroxylation is 1. The van der Waals surface area contributed by atoms with Crippen LogP contribution in [0.2, 0.25) is 0 Å². The van der Waals surface area contributed by atoms with E-state index in [0.717, 1.165) is 0 Å². The monoisotopic (exact) mass is 448 g/mol. The van der Waals surface area contributed by atoms with Crippen molar-refractivity contribution in [1.82, 2.24) is 15.2 Å². The third-order valence-corrected chi connectivity index (χ3v) is 4.53. The maximum Gasteiger partial charge on any atom is 0.249 e. The average Bonchev–Trinajstić information content (AvgIpc) is 3.14. The molecule has 1 amide bonds. The summed E-state index contributed by atoms with van der Waals surface area (Å²) in [5.74, 6) is 1.11. The summed E-state index contributed by atoms with van der Waals surface area (Å²) in [6, 6.07) is 10.0. The van der Waals surface area contributed by atoms with Gasteiger partial charge in [0.15, 0.2) is 5.82 Å². The molecule has 3 rings (SSSR count). The molecule has 2 N–H and O–H groups in total. The van der Waals surface area contributed by atoms with E-state index in [0.29, 0.717) is 32.9 Å². The van der Waals surface area contributed by atoms with Gasteiger partial charge in [0.1, 0.15) is 17.3 Å². The van der Waals surface area contributed by atoms with Crippen molar-refractivity contribution in [2.75, 3.05) is 19.5 Å². The molecule has 1 heterocycles. The van der Waals surface area contributed by atoms with Gasteiger partial charge in [-0.05, 0) is 36.2 Å². The van der Waals surface area contributed by atoms with Gasteiger partial charge in [0.25, 0.3) is 0 Å². The Hall–Kier alpha value is -2.94. The number of benzene rings is 2. The Kier molecular flexibility index (Phi) is 6.25. The lowest BCUT2D eigenvalue weighted by Gasteiger charge is -2.07. The van der Waals surface area contributed by atoms with Crippen molar-refractivity contribution < 1.29 is 18.7 Å². The Morgan fingerprint density at radius 3 is 2.75 bits per heavy atom. The van der Waals surface area contributed by atoms with Crippen molar-refractivity contribution >= 4 is 27.8 Å². The summed E-state index contributed by atoms with van der Waals surface area (Å²) in [6.07, 6.45) is 0.378. The topological polar surface area (TPSA) is 89.1 Å². The summed E-state index contributed by atoms with van der Waals surface area (Å²) >= 11 is 3.21. The third kappa shape index (κ3) is 4.66. The van der Waals surface area contributed by atoms with Gasteiger partial charge in [0, 0.05) is 17.0 Å². The molecule has 0 aliphatic rings. The third-order valence-electron chi connectivity index (χ3n) is 4.04. The van der Waals surface area contributed by atoms with Gasteiger partial charge in [-0.15, -0.1) is 5.10 Å². The summed E-state index contributed by atoms with van der Waals surface area (Å²) in [7, 11) is 3.11. The number of ether oxygens (including phenoxy) is 2. The number of carbonyl (C=O) groups is 1. The molecule has 0 aliphatic heterocycles. The van der Waals surface area contributed by atoms with Crippen LogP contribution in [0.5, 0.6) is 11.5 Å². The molecule has 0 spiro atoms. The van der Waals surface area contributed by atoms with Gasteiger partial charge in [-0.1, -0.05) is 22.0 Å². The predicted octanol–water partition coefficient (Wildman–Crippen LogP) is 3.96. The first-order valence-electron chi connectivity index (χ1n) is 8.38. The molecule has 3 aromatic rings. The van der Waals surface area contributed by atoms with Gasteiger partial charge in [-0.3, -0.25) is 15.2 Å². The van der Waals surface area contributed by atoms with E-state index in [1.54, 1.807) is 44.6 Å². The minimum Gasteiger partial charge on any atom is -0.497 e. The normalized spacial score (nSPS) is 10.6. The summed E-state index contributed by atoms with van der Waals surface area (Å²) in [4.78, 5) is 16.4. The molecular formula is C19H18BrFN4O3. The van der Waals surface area contributed by atoms with Gasteiger partial charge in [-0.25, -0.2) is 4.39 Å². The highest BCUT2D eigenvalue weighted by atomic mass is 79.9. The van der Waals surface area contributed by atoms with E-state index < -0.39 is 0 Å². The standard InChI is InChI=1S/C19H18BrFN4O3/c1-27-13-6-7-14(16(10-13)28-2)18-23-19(25-24-18)22-17(26)8-4-11-3-5-12(20)9-15(11)21/h3,5-7,9-10H,4,8H2,1-2H3,(H2,22,23,24,25,26). The minimum atomic E-state index is -0.353. The number of aromatic nitrogens is 3. The summed E-state index contributed by atoms with van der Waals surface area (Å²) in [5, 5.41) is 9.37. The number of hydrogen-bond acceptors (Lipinski definition) is 5. The molecule has 0 radical (unpaired) electrons. The number of carbonyl (C=O) groups excluding carboxylic acids is 1. The number of aromatic amines is 1. The summed E-state index contributed by atoms with van der Waals surface area (Å²) in [5.41, 5.74) is 1.14. The molecule has 0 bridgehead atoms. The van der Waals surface area contributed by atoms with Crippen LogP contribution >= 0.6 is 15.9 Å². The first kappa shape index (κ1) is 19.8. The second-order valence-electron chi connectivity index (χ2n) is 5.86. The Labute approximate surface area is 169 Å². The highest BCUT2D eigenvalue weighted by molar-refractivity contribution is 9.10. The van der Waals surface area contributed by atoms with Crippen molar-refractivity contribution in [2.45, 2.75) is 12.8 Å². The first-order valence-corrected chi connectivity index (χ1v) is 9.18. The molecule has 2 aromatic carbocycles. The number of nitrogens with one attached hydrogen (secondary N) is 2. The zero-order valence-electron chi connectivity index (χ0n) is 15.3. The van der Waals surface area contributed by atoms with E-state index in [1.165, 1.54) is 6.07 Å². The van der Waals surface area contributed by atoms with E-state index in [1.807, 2.05) is 0 Å². The fraction of sp³-hybridized carbons (Fsp3) is 0.211. The number of hydrogen-bond donors (Lipinski definition) is 2. The number of halogens is 2. The van der Waals surface area contributed by atoms with E-state index >= 15 is 0 Å². The lowest BCUT2D eigenvalue weighted by atomic mass is 10.1. The largest absolute Gasteiger partial charge is 0.497 e. The number of amides is 1. The molecule has 7 nitrogen and oxygen atoms in total. The number of methoxy groups -OCH3 is 2. The summed E-state index contributed by atoms with van der Waals surface area (Å²) < 4.78 is 25.0. The number of rotatable bonds is 7. The second kappa shape index (κ2) is 8.83. The van der Waals surface area contributed by atoms with E-state index in [9.17, 15) is 9.18 Å². The zero-order valence-corrected chi connectivity index (χ0v) is 16.8. The lowest BCUT2D eigenvalue weighted by molar-refractivity contribution is -0.116. The zero-order chi connectivity index (χ0) is 20.1. The smallest absolute Gasteiger partial charge is 0.249 e. The minimum absolute atomic E-state index is 0.105. The van der Waals surface area contributed by atoms with Crippen LogP contribution in [0, 0.1) is 5.82 Å². The van der Waals surface area contributed by atoms with Crippen molar-refractivity contribution in [3.05, 3.63) is 52.3 Å². The van der Waals surface area contributed by atoms with E-state index in [4.69, 9.17) is 9.47 Å². The summed E-state index contributed by atoms with van der Waals surface area (Å²) in [6.45, 7) is 0. The maximum atomic E-state index is 13.8. The molecular weight excluding hydrogens is 431 g/mol. The van der Waals surface area contributed by atoms with Crippen molar-refractivity contribution in [3.8, 4) is 22.9 Å². The Bertz CT molecular complexity index is 993. The number of nitrogens with zero attached hydrogens (tertiary/aromatic N) is 2. The SMILES string of the molecule is COc1ccc(-c2nc(NC(=O)CCc3ccc(Br)cc3F)n[nH]2)c(OC)c1. The van der Waals surface area contributed by atoms with Crippen LogP contribution in [0.15, 0.2) is 40.9 Å². The maximum absolute atomic E-state index is 13.8. The van der Waals surface area contributed by atoms with Gasteiger partial charge >= 0.3 is 0 Å². The Balaban J connectivity index is 1.65. The fourth-order valence-corrected chi connectivity index (χ4v) is 2.93. The van der Waals surface area contributed by atoms with Crippen LogP contribution in [-0.4, -0.2) is 35.3 Å². The molecule has 0 saturated carbocycles. The van der Waals surface area contributed by atoms with Gasteiger partial charge in [0.2, 0.25) is 11.9 Å². The first-order chi connectivity index (χ1) is 13.5. The van der Waals surface area contributed by atoms with Gasteiger partial charge in [-0.2, -0.15) is 4.98 Å². The van der Waals surface area contributed by atoms with Crippen molar-refractivity contribution in [1.29, 1.82) is 0 Å². The number of anilines is 1. The fourth-order valence-electron chi connectivity index (χ4n) is 2.59. The molecule has 1 aromatic heterocycles. The van der Waals surface area contributed by atoms with Crippen LogP contribution in [0.4, 0.5) is 10.3 Å². The van der Waals surface area contributed by atoms with Crippen molar-refractivity contribution in [2.24, 2.45) is 0 Å². The molecule has 146 valence electrons. The van der Waals surface area contributed by atoms with Crippen molar-refractivity contribution in [3.63, 3.8) is 0 Å². The van der Waals surface area contributed by atoms with E-state index in [-0.39, 0.29) is 30.5 Å². The van der Waals surface area contributed by atoms with Crippen LogP contribution in [-0.2, 0) is 11.2 Å². The molecule has 28 heavy (non-hydrogen) atoms. The quantitative estimate of drug-likeness (QED) is 0.570. The van der Waals surface area contributed by atoms with E-state index in [2.05, 4.69) is 36.4 Å². The highest BCUT2D eigenvalue weighted by Crippen LogP contribution is 2.31. The average molecular weight is 449 g/mol. The second-order valence-corrected chi connectivity index (χ2v) is 6.77. The van der Waals surface area contributed by atoms with Crippen LogP contribution < -0.4 is 14.8 Å². The molecule has 0 aliphatic carbocycles. The van der Waals surface area contributed by atoms with Crippen LogP contribution in [0.1, 0.15) is 12.0 Å². The number of H-pyrrole nitrogens is 1. The Morgan fingerprint density at radius 1 is 1.21 bits per heavy atom. The molecule has 0 atom stereocenters. The Morgan fingerprint density at radius 2 is 2.04 bits per heavy atom. The molecule has 0 fully saturated rings. The van der Waals surface area contributed by atoms with Crippen LogP contribution in [0.3, 0.4) is 0 Å². The lowest BCUT2D eigenvalue weighted by Crippen LogP contribution is -2.13. The van der Waals surface area contributed by atoms with Crippen LogP contribution in [0.25, 0.3) is 11.4 Å². The molecule has 0 unspecified atom stereocenters. The molecule has 0 saturated heterocycles. The van der Waals surface area contributed by atoms with Gasteiger partial charge in [0.05, 0.1) is 19.8 Å². The highest BCUT2D eigenvalue weighted by Gasteiger charge is 2.14. The molecule has 9 heteroatoms. The van der Waals surface area contributed by atoms with Gasteiger partial charge < -0.3 is 9.47 Å². The predicted molar refractivity (Wildman–Crippen MR) is 106 cm³/mol.